The van der Waals surface area contributed by atoms with Crippen LogP contribution in [0.5, 0.6) is 0 Å². The van der Waals surface area contributed by atoms with Crippen LogP contribution >= 0.6 is 23.2 Å². The molecule has 0 radical (unpaired) electrons. The third-order valence-electron chi connectivity index (χ3n) is 3.26. The molecule has 6 heteroatoms. The van der Waals surface area contributed by atoms with Crippen LogP contribution in [0.15, 0.2) is 48.5 Å². The maximum Gasteiger partial charge on any atom is 0.224 e. The molecule has 120 valence electrons. The fraction of sp³-hybridized carbons (Fsp3) is 0.176. The molecule has 0 fully saturated rings. The number of hydrogen-bond donors (Lipinski definition) is 1. The molecule has 0 aliphatic carbocycles. The van der Waals surface area contributed by atoms with Crippen molar-refractivity contribution in [2.45, 2.75) is 18.9 Å². The molecule has 0 bridgehead atoms. The molecule has 0 saturated heterocycles. The van der Waals surface area contributed by atoms with Gasteiger partial charge in [-0.25, -0.2) is 0 Å². The Morgan fingerprint density at radius 1 is 0.957 bits per heavy atom. The van der Waals surface area contributed by atoms with Crippen LogP contribution in [-0.2, 0) is 16.0 Å². The van der Waals surface area contributed by atoms with E-state index < -0.39 is 12.0 Å². The van der Waals surface area contributed by atoms with Crippen LogP contribution in [0.1, 0.15) is 23.6 Å². The van der Waals surface area contributed by atoms with Gasteiger partial charge in [0.25, 0.3) is 0 Å². The molecule has 0 saturated carbocycles. The van der Waals surface area contributed by atoms with Crippen molar-refractivity contribution in [3.63, 3.8) is 0 Å². The summed E-state index contributed by atoms with van der Waals surface area (Å²) in [4.78, 5) is 23.1. The van der Waals surface area contributed by atoms with Gasteiger partial charge in [-0.1, -0.05) is 47.5 Å². The maximum absolute atomic E-state index is 12.1. The van der Waals surface area contributed by atoms with Crippen LogP contribution in [0.2, 0.25) is 10.0 Å². The predicted molar refractivity (Wildman–Crippen MR) is 87.1 cm³/mol. The first-order valence-corrected chi connectivity index (χ1v) is 7.69. The number of halogens is 2. The summed E-state index contributed by atoms with van der Waals surface area (Å²) in [5.41, 5.74) is 1.44. The minimum absolute atomic E-state index is 0.133. The van der Waals surface area contributed by atoms with E-state index in [0.29, 0.717) is 15.6 Å². The summed E-state index contributed by atoms with van der Waals surface area (Å²) in [7, 11) is 0. The van der Waals surface area contributed by atoms with Gasteiger partial charge in [0.2, 0.25) is 5.91 Å². The lowest BCUT2D eigenvalue weighted by Gasteiger charge is -2.20. The topological polar surface area (TPSA) is 69.2 Å². The highest BCUT2D eigenvalue weighted by atomic mass is 35.5. The SMILES string of the molecule is O=C([O-])C[C@@H](NC(=O)Cc1ccc(Cl)cc1)c1ccc(Cl)cc1. The van der Waals surface area contributed by atoms with Gasteiger partial charge in [-0.15, -0.1) is 0 Å². The highest BCUT2D eigenvalue weighted by molar-refractivity contribution is 6.30. The van der Waals surface area contributed by atoms with Crippen LogP contribution in [0.3, 0.4) is 0 Å². The van der Waals surface area contributed by atoms with E-state index in [2.05, 4.69) is 5.32 Å². The number of nitrogens with one attached hydrogen (secondary N) is 1. The number of rotatable bonds is 6. The first-order valence-electron chi connectivity index (χ1n) is 6.93. The molecule has 1 amide bonds. The Bertz CT molecular complexity index is 684. The Kier molecular flexibility index (Phi) is 6.02. The van der Waals surface area contributed by atoms with Crippen molar-refractivity contribution in [1.29, 1.82) is 0 Å². The average molecular weight is 351 g/mol. The van der Waals surface area contributed by atoms with E-state index >= 15 is 0 Å². The molecule has 0 spiro atoms. The molecule has 2 aromatic carbocycles. The third kappa shape index (κ3) is 5.58. The zero-order valence-electron chi connectivity index (χ0n) is 12.1. The summed E-state index contributed by atoms with van der Waals surface area (Å²) in [5, 5.41) is 14.8. The highest BCUT2D eigenvalue weighted by Crippen LogP contribution is 2.19. The summed E-state index contributed by atoms with van der Waals surface area (Å²) in [6.07, 6.45) is -0.178. The molecule has 1 N–H and O–H groups in total. The summed E-state index contributed by atoms with van der Waals surface area (Å²) >= 11 is 11.6. The Balaban J connectivity index is 2.07. The summed E-state index contributed by atoms with van der Waals surface area (Å²) in [6.45, 7) is 0. The number of amides is 1. The minimum Gasteiger partial charge on any atom is -0.550 e. The molecule has 0 heterocycles. The third-order valence-corrected chi connectivity index (χ3v) is 3.76. The van der Waals surface area contributed by atoms with Gasteiger partial charge in [0.15, 0.2) is 0 Å². The number of carbonyl (C=O) groups excluding carboxylic acids is 2. The molecule has 0 aromatic heterocycles. The van der Waals surface area contributed by atoms with Gasteiger partial charge >= 0.3 is 0 Å². The number of carboxylic acid groups (broad SMARTS) is 1. The largest absolute Gasteiger partial charge is 0.550 e. The summed E-state index contributed by atoms with van der Waals surface area (Å²) in [6, 6.07) is 12.9. The van der Waals surface area contributed by atoms with Gasteiger partial charge in [-0.3, -0.25) is 4.79 Å². The quantitative estimate of drug-likeness (QED) is 0.870. The Morgan fingerprint density at radius 2 is 1.48 bits per heavy atom. The molecular weight excluding hydrogens is 337 g/mol. The normalized spacial score (nSPS) is 11.7. The monoisotopic (exact) mass is 350 g/mol. The predicted octanol–water partition coefficient (Wildman–Crippen LogP) is 2.53. The van der Waals surface area contributed by atoms with Gasteiger partial charge in [0, 0.05) is 22.4 Å². The van der Waals surface area contributed by atoms with Crippen LogP contribution < -0.4 is 10.4 Å². The number of benzene rings is 2. The van der Waals surface area contributed by atoms with Gasteiger partial charge < -0.3 is 15.2 Å². The molecule has 0 aliphatic rings. The molecule has 2 rings (SSSR count). The summed E-state index contributed by atoms with van der Waals surface area (Å²) < 4.78 is 0. The highest BCUT2D eigenvalue weighted by Gasteiger charge is 2.15. The van der Waals surface area contributed by atoms with Gasteiger partial charge in [-0.05, 0) is 35.4 Å². The van der Waals surface area contributed by atoms with Crippen LogP contribution in [0, 0.1) is 0 Å². The lowest BCUT2D eigenvalue weighted by Crippen LogP contribution is -2.35. The van der Waals surface area contributed by atoms with Crippen molar-refractivity contribution in [2.75, 3.05) is 0 Å². The second-order valence-electron chi connectivity index (χ2n) is 5.05. The molecule has 23 heavy (non-hydrogen) atoms. The van der Waals surface area contributed by atoms with Crippen LogP contribution in [0.25, 0.3) is 0 Å². The smallest absolute Gasteiger partial charge is 0.224 e. The van der Waals surface area contributed by atoms with E-state index in [1.54, 1.807) is 48.5 Å². The Morgan fingerprint density at radius 3 is 2.00 bits per heavy atom. The Labute approximate surface area is 144 Å². The standard InChI is InChI=1S/C17H15Cl2NO3/c18-13-5-1-11(2-6-13)9-16(21)20-15(10-17(22)23)12-3-7-14(19)8-4-12/h1-8,15H,9-10H2,(H,20,21)(H,22,23)/p-1/t15-/m1/s1. The zero-order valence-corrected chi connectivity index (χ0v) is 13.6. The zero-order chi connectivity index (χ0) is 16.8. The lowest BCUT2D eigenvalue weighted by atomic mass is 10.0. The fourth-order valence-corrected chi connectivity index (χ4v) is 2.40. The Hall–Kier alpha value is -2.04. The van der Waals surface area contributed by atoms with Gasteiger partial charge in [0.05, 0.1) is 12.5 Å². The van der Waals surface area contributed by atoms with Crippen molar-refractivity contribution in [3.8, 4) is 0 Å². The van der Waals surface area contributed by atoms with Crippen molar-refractivity contribution < 1.29 is 14.7 Å². The molecule has 0 unspecified atom stereocenters. The first kappa shape index (κ1) is 17.3. The van der Waals surface area contributed by atoms with E-state index in [1.807, 2.05) is 0 Å². The van der Waals surface area contributed by atoms with Crippen molar-refractivity contribution in [1.82, 2.24) is 5.32 Å². The molecule has 4 nitrogen and oxygen atoms in total. The average Bonchev–Trinajstić information content (AvgIpc) is 2.49. The van der Waals surface area contributed by atoms with Gasteiger partial charge in [-0.2, -0.15) is 0 Å². The molecule has 0 aliphatic heterocycles. The van der Waals surface area contributed by atoms with E-state index in [0.717, 1.165) is 5.56 Å². The van der Waals surface area contributed by atoms with E-state index in [9.17, 15) is 14.7 Å². The first-order chi connectivity index (χ1) is 10.9. The lowest BCUT2D eigenvalue weighted by molar-refractivity contribution is -0.306. The van der Waals surface area contributed by atoms with E-state index in [1.165, 1.54) is 0 Å². The second kappa shape index (κ2) is 7.99. The minimum atomic E-state index is -1.24. The van der Waals surface area contributed by atoms with E-state index in [4.69, 9.17) is 23.2 Å². The van der Waals surface area contributed by atoms with Crippen molar-refractivity contribution in [2.24, 2.45) is 0 Å². The van der Waals surface area contributed by atoms with Crippen LogP contribution in [0.4, 0.5) is 0 Å². The van der Waals surface area contributed by atoms with E-state index in [-0.39, 0.29) is 18.7 Å². The second-order valence-corrected chi connectivity index (χ2v) is 5.92. The van der Waals surface area contributed by atoms with Crippen LogP contribution in [-0.4, -0.2) is 11.9 Å². The molecule has 2 aromatic rings. The number of carboxylic acids is 1. The number of aliphatic carboxylic acids is 1. The van der Waals surface area contributed by atoms with Gasteiger partial charge in [0.1, 0.15) is 0 Å². The molecular formula is C17H14Cl2NO3-. The number of hydrogen-bond acceptors (Lipinski definition) is 3. The number of carbonyl (C=O) groups is 2. The van der Waals surface area contributed by atoms with Crippen molar-refractivity contribution >= 4 is 35.1 Å². The summed E-state index contributed by atoms with van der Waals surface area (Å²) in [5.74, 6) is -1.52. The molecule has 1 atom stereocenters. The fourth-order valence-electron chi connectivity index (χ4n) is 2.15. The maximum atomic E-state index is 12.1. The van der Waals surface area contributed by atoms with Crippen molar-refractivity contribution in [3.05, 3.63) is 69.7 Å².